The summed E-state index contributed by atoms with van der Waals surface area (Å²) < 4.78 is 0. The molecule has 0 bridgehead atoms. The molecule has 2 aromatic carbocycles. The maximum absolute atomic E-state index is 11.6. The van der Waals surface area contributed by atoms with Gasteiger partial charge in [0.2, 0.25) is 0 Å². The van der Waals surface area contributed by atoms with E-state index >= 15 is 0 Å². The molecular weight excluding hydrogens is 282 g/mol. The fraction of sp³-hybridized carbons (Fsp3) is 0.167. The first-order valence-corrected chi connectivity index (χ1v) is 7.24. The highest BCUT2D eigenvalue weighted by Gasteiger charge is 2.15. The normalized spacial score (nSPS) is 11.0. The zero-order valence-electron chi connectivity index (χ0n) is 12.3. The first-order valence-electron chi connectivity index (χ1n) is 6.86. The summed E-state index contributed by atoms with van der Waals surface area (Å²) in [6.07, 6.45) is 0.913. The van der Waals surface area contributed by atoms with Crippen LogP contribution in [0.3, 0.4) is 0 Å². The molecule has 1 aromatic heterocycles. The van der Waals surface area contributed by atoms with Gasteiger partial charge in [0, 0.05) is 16.0 Å². The molecule has 106 valence electrons. The summed E-state index contributed by atoms with van der Waals surface area (Å²) in [5.74, 6) is 0. The van der Waals surface area contributed by atoms with Gasteiger partial charge in [0.25, 0.3) is 0 Å². The van der Waals surface area contributed by atoms with Crippen molar-refractivity contribution in [1.29, 1.82) is 0 Å². The molecule has 1 N–H and O–H groups in total. The van der Waals surface area contributed by atoms with Crippen LogP contribution in [0, 0.1) is 20.8 Å². The Hall–Kier alpha value is -2.06. The largest absolute Gasteiger partial charge is 0.354 e. The molecule has 3 rings (SSSR count). The van der Waals surface area contributed by atoms with Crippen molar-refractivity contribution in [2.45, 2.75) is 20.8 Å². The molecule has 0 fully saturated rings. The molecule has 0 atom stereocenters. The summed E-state index contributed by atoms with van der Waals surface area (Å²) in [6, 6.07) is 9.95. The lowest BCUT2D eigenvalue weighted by Crippen LogP contribution is -1.87. The topological polar surface area (TPSA) is 32.9 Å². The number of carbonyl (C=O) groups is 1. The Bertz CT molecular complexity index is 861. The molecule has 0 aliphatic carbocycles. The van der Waals surface area contributed by atoms with Gasteiger partial charge in [-0.25, -0.2) is 0 Å². The number of aromatic amines is 1. The Morgan fingerprint density at radius 1 is 1.05 bits per heavy atom. The standard InChI is InChI=1S/C18H16ClNO/c1-10-4-5-13(8-11(10)2)18-15(9-21)14-6-7-16(19)12(3)17(14)20-18/h4-9,20H,1-3H3. The van der Waals surface area contributed by atoms with Crippen LogP contribution >= 0.6 is 11.6 Å². The summed E-state index contributed by atoms with van der Waals surface area (Å²) in [5, 5.41) is 1.62. The van der Waals surface area contributed by atoms with Crippen LogP contribution in [0.15, 0.2) is 30.3 Å². The number of H-pyrrole nitrogens is 1. The quantitative estimate of drug-likeness (QED) is 0.646. The fourth-order valence-corrected chi connectivity index (χ4v) is 2.80. The Balaban J connectivity index is 2.34. The van der Waals surface area contributed by atoms with E-state index in [1.54, 1.807) is 0 Å². The number of aldehydes is 1. The minimum absolute atomic E-state index is 0.688. The van der Waals surface area contributed by atoms with Gasteiger partial charge in [-0.15, -0.1) is 0 Å². The van der Waals surface area contributed by atoms with E-state index in [0.717, 1.165) is 34.0 Å². The second-order valence-electron chi connectivity index (χ2n) is 5.43. The van der Waals surface area contributed by atoms with Crippen LogP contribution < -0.4 is 0 Å². The third-order valence-corrected chi connectivity index (χ3v) is 4.53. The molecular formula is C18H16ClNO. The van der Waals surface area contributed by atoms with Crippen molar-refractivity contribution in [3.63, 3.8) is 0 Å². The summed E-state index contributed by atoms with van der Waals surface area (Å²) in [7, 11) is 0. The molecule has 3 aromatic rings. The molecule has 0 spiro atoms. The Morgan fingerprint density at radius 3 is 2.48 bits per heavy atom. The van der Waals surface area contributed by atoms with E-state index in [1.807, 2.05) is 25.1 Å². The third kappa shape index (κ3) is 2.16. The molecule has 2 nitrogen and oxygen atoms in total. The SMILES string of the molecule is Cc1ccc(-c2[nH]c3c(C)c(Cl)ccc3c2C=O)cc1C. The molecule has 3 heteroatoms. The molecule has 0 aliphatic rings. The van der Waals surface area contributed by atoms with Crippen molar-refractivity contribution < 1.29 is 4.79 Å². The van der Waals surface area contributed by atoms with Gasteiger partial charge in [-0.2, -0.15) is 0 Å². The lowest BCUT2D eigenvalue weighted by atomic mass is 10.0. The van der Waals surface area contributed by atoms with Crippen molar-refractivity contribution >= 4 is 28.8 Å². The van der Waals surface area contributed by atoms with E-state index in [0.29, 0.717) is 10.6 Å². The number of aromatic nitrogens is 1. The molecule has 0 aliphatic heterocycles. The number of fused-ring (bicyclic) bond motifs is 1. The molecule has 0 saturated carbocycles. The maximum atomic E-state index is 11.6. The monoisotopic (exact) mass is 297 g/mol. The number of halogens is 1. The number of carbonyl (C=O) groups excluding carboxylic acids is 1. The van der Waals surface area contributed by atoms with Gasteiger partial charge >= 0.3 is 0 Å². The molecule has 1 heterocycles. The first-order chi connectivity index (χ1) is 10.0. The van der Waals surface area contributed by atoms with Crippen molar-refractivity contribution in [2.24, 2.45) is 0 Å². The molecule has 0 amide bonds. The minimum atomic E-state index is 0.688. The van der Waals surface area contributed by atoms with Crippen molar-refractivity contribution in [3.8, 4) is 11.3 Å². The van der Waals surface area contributed by atoms with Gasteiger partial charge in [-0.3, -0.25) is 4.79 Å². The van der Waals surface area contributed by atoms with E-state index in [4.69, 9.17) is 11.6 Å². The highest BCUT2D eigenvalue weighted by molar-refractivity contribution is 6.32. The summed E-state index contributed by atoms with van der Waals surface area (Å²) in [5.41, 5.74) is 6.90. The van der Waals surface area contributed by atoms with Gasteiger partial charge in [-0.05, 0) is 55.2 Å². The predicted octanol–water partition coefficient (Wildman–Crippen LogP) is 5.23. The Labute approximate surface area is 128 Å². The van der Waals surface area contributed by atoms with Crippen molar-refractivity contribution in [3.05, 3.63) is 57.6 Å². The average Bonchev–Trinajstić information content (AvgIpc) is 2.85. The highest BCUT2D eigenvalue weighted by atomic mass is 35.5. The van der Waals surface area contributed by atoms with Crippen LogP contribution in [0.25, 0.3) is 22.2 Å². The average molecular weight is 298 g/mol. The fourth-order valence-electron chi connectivity index (χ4n) is 2.65. The van der Waals surface area contributed by atoms with E-state index in [-0.39, 0.29) is 0 Å². The number of nitrogens with one attached hydrogen (secondary N) is 1. The van der Waals surface area contributed by atoms with E-state index in [2.05, 4.69) is 31.0 Å². The van der Waals surface area contributed by atoms with Crippen LogP contribution in [-0.4, -0.2) is 11.3 Å². The Kier molecular flexibility index (Phi) is 3.34. The smallest absolute Gasteiger partial charge is 0.152 e. The van der Waals surface area contributed by atoms with Gasteiger partial charge in [0.05, 0.1) is 11.2 Å². The number of rotatable bonds is 2. The molecule has 21 heavy (non-hydrogen) atoms. The second kappa shape index (κ2) is 5.05. The number of hydrogen-bond donors (Lipinski definition) is 1. The van der Waals surface area contributed by atoms with E-state index in [9.17, 15) is 4.79 Å². The van der Waals surface area contributed by atoms with Crippen LogP contribution in [-0.2, 0) is 0 Å². The second-order valence-corrected chi connectivity index (χ2v) is 5.83. The lowest BCUT2D eigenvalue weighted by molar-refractivity contribution is 0.112. The van der Waals surface area contributed by atoms with E-state index < -0.39 is 0 Å². The lowest BCUT2D eigenvalue weighted by Gasteiger charge is -2.04. The summed E-state index contributed by atoms with van der Waals surface area (Å²) in [6.45, 7) is 6.11. The number of hydrogen-bond acceptors (Lipinski definition) is 1. The van der Waals surface area contributed by atoms with Crippen molar-refractivity contribution in [1.82, 2.24) is 4.98 Å². The van der Waals surface area contributed by atoms with Gasteiger partial charge < -0.3 is 4.98 Å². The summed E-state index contributed by atoms with van der Waals surface area (Å²) >= 11 is 6.18. The predicted molar refractivity (Wildman–Crippen MR) is 88.3 cm³/mol. The number of aryl methyl sites for hydroxylation is 3. The Morgan fingerprint density at radius 2 is 1.81 bits per heavy atom. The molecule has 0 unspecified atom stereocenters. The van der Waals surface area contributed by atoms with Gasteiger partial charge in [-0.1, -0.05) is 29.8 Å². The maximum Gasteiger partial charge on any atom is 0.152 e. The molecule has 0 saturated heterocycles. The van der Waals surface area contributed by atoms with Crippen LogP contribution in [0.5, 0.6) is 0 Å². The zero-order chi connectivity index (χ0) is 15.1. The van der Waals surface area contributed by atoms with E-state index in [1.165, 1.54) is 11.1 Å². The zero-order valence-corrected chi connectivity index (χ0v) is 13.0. The highest BCUT2D eigenvalue weighted by Crippen LogP contribution is 2.33. The van der Waals surface area contributed by atoms with Gasteiger partial charge in [0.15, 0.2) is 6.29 Å². The first kappa shape index (κ1) is 13.9. The van der Waals surface area contributed by atoms with Crippen LogP contribution in [0.4, 0.5) is 0 Å². The summed E-state index contributed by atoms with van der Waals surface area (Å²) in [4.78, 5) is 14.9. The third-order valence-electron chi connectivity index (χ3n) is 4.12. The van der Waals surface area contributed by atoms with Crippen molar-refractivity contribution in [2.75, 3.05) is 0 Å². The van der Waals surface area contributed by atoms with Crippen LogP contribution in [0.2, 0.25) is 5.02 Å². The van der Waals surface area contributed by atoms with Crippen LogP contribution in [0.1, 0.15) is 27.0 Å². The number of benzene rings is 2. The van der Waals surface area contributed by atoms with Gasteiger partial charge in [0.1, 0.15) is 0 Å². The minimum Gasteiger partial charge on any atom is -0.354 e. The molecule has 0 radical (unpaired) electrons.